The van der Waals surface area contributed by atoms with Crippen LogP contribution in [-0.2, 0) is 13.1 Å². The van der Waals surface area contributed by atoms with Crippen LogP contribution in [0.1, 0.15) is 23.6 Å². The highest BCUT2D eigenvalue weighted by atomic mass is 19.3. The second kappa shape index (κ2) is 11.1. The number of nitrogens with zero attached hydrogens (tertiary/aromatic N) is 1. The van der Waals surface area contributed by atoms with Gasteiger partial charge in [0.2, 0.25) is 0 Å². The van der Waals surface area contributed by atoms with Gasteiger partial charge in [-0.1, -0.05) is 18.2 Å². The lowest BCUT2D eigenvalue weighted by Crippen LogP contribution is -2.36. The molecule has 0 saturated carbocycles. The minimum Gasteiger partial charge on any atom is -0.494 e. The number of methoxy groups -OCH3 is 1. The summed E-state index contributed by atoms with van der Waals surface area (Å²) in [7, 11) is 3.06. The summed E-state index contributed by atoms with van der Waals surface area (Å²) >= 11 is 0. The highest BCUT2D eigenvalue weighted by Crippen LogP contribution is 2.29. The molecule has 8 heteroatoms. The first-order chi connectivity index (χ1) is 14.0. The van der Waals surface area contributed by atoms with Crippen LogP contribution in [0.15, 0.2) is 41.4 Å². The number of benzene rings is 2. The summed E-state index contributed by atoms with van der Waals surface area (Å²) in [6, 6.07) is 10.9. The Kier molecular flexibility index (Phi) is 8.51. The van der Waals surface area contributed by atoms with E-state index in [1.165, 1.54) is 13.2 Å². The average molecular weight is 407 g/mol. The third-order valence-electron chi connectivity index (χ3n) is 4.10. The summed E-state index contributed by atoms with van der Waals surface area (Å²) < 4.78 is 40.4. The van der Waals surface area contributed by atoms with Crippen LogP contribution in [0, 0.1) is 6.92 Å². The molecular weight excluding hydrogens is 380 g/mol. The number of aryl methyl sites for hydroxylation is 1. The van der Waals surface area contributed by atoms with E-state index in [2.05, 4.69) is 20.4 Å². The zero-order valence-electron chi connectivity index (χ0n) is 17.1. The number of nitrogens with one attached hydrogen (secondary N) is 2. The van der Waals surface area contributed by atoms with Gasteiger partial charge in [0.1, 0.15) is 5.75 Å². The van der Waals surface area contributed by atoms with Crippen molar-refractivity contribution in [3.05, 3.63) is 53.1 Å². The van der Waals surface area contributed by atoms with Crippen LogP contribution in [0.2, 0.25) is 0 Å². The van der Waals surface area contributed by atoms with Crippen LogP contribution in [0.25, 0.3) is 0 Å². The molecule has 0 saturated heterocycles. The highest BCUT2D eigenvalue weighted by Gasteiger charge is 2.12. The van der Waals surface area contributed by atoms with Crippen molar-refractivity contribution >= 4 is 5.96 Å². The monoisotopic (exact) mass is 407 g/mol. The van der Waals surface area contributed by atoms with Gasteiger partial charge in [-0.05, 0) is 43.2 Å². The molecule has 6 nitrogen and oxygen atoms in total. The molecule has 0 unspecified atom stereocenters. The molecule has 0 aliphatic rings. The largest absolute Gasteiger partial charge is 0.494 e. The van der Waals surface area contributed by atoms with Crippen molar-refractivity contribution in [2.75, 3.05) is 20.8 Å². The molecule has 2 rings (SSSR count). The van der Waals surface area contributed by atoms with Crippen molar-refractivity contribution in [1.29, 1.82) is 0 Å². The Morgan fingerprint density at radius 3 is 2.45 bits per heavy atom. The molecule has 2 aromatic rings. The first-order valence-corrected chi connectivity index (χ1v) is 9.25. The predicted octanol–water partition coefficient (Wildman–Crippen LogP) is 3.87. The maximum Gasteiger partial charge on any atom is 0.387 e. The molecule has 0 atom stereocenters. The Bertz CT molecular complexity index is 829. The molecule has 0 heterocycles. The van der Waals surface area contributed by atoms with Crippen molar-refractivity contribution in [3.63, 3.8) is 0 Å². The highest BCUT2D eigenvalue weighted by molar-refractivity contribution is 5.79. The van der Waals surface area contributed by atoms with Crippen molar-refractivity contribution < 1.29 is 23.0 Å². The summed E-state index contributed by atoms with van der Waals surface area (Å²) in [6.45, 7) is 2.52. The average Bonchev–Trinajstić information content (AvgIpc) is 2.69. The van der Waals surface area contributed by atoms with E-state index in [9.17, 15) is 8.78 Å². The maximum atomic E-state index is 12.6. The van der Waals surface area contributed by atoms with Crippen molar-refractivity contribution in [3.8, 4) is 17.2 Å². The molecule has 0 radical (unpaired) electrons. The van der Waals surface area contributed by atoms with E-state index in [4.69, 9.17) is 9.47 Å². The second-order valence-corrected chi connectivity index (χ2v) is 6.19. The molecule has 0 amide bonds. The molecule has 2 aromatic carbocycles. The Hall–Kier alpha value is -3.03. The van der Waals surface area contributed by atoms with E-state index < -0.39 is 6.61 Å². The Morgan fingerprint density at radius 2 is 1.79 bits per heavy atom. The van der Waals surface area contributed by atoms with Crippen LogP contribution >= 0.6 is 0 Å². The van der Waals surface area contributed by atoms with Crippen LogP contribution in [0.5, 0.6) is 17.2 Å². The zero-order valence-corrected chi connectivity index (χ0v) is 17.1. The molecule has 0 spiro atoms. The number of halogens is 2. The van der Waals surface area contributed by atoms with Gasteiger partial charge in [-0.2, -0.15) is 8.78 Å². The first-order valence-electron chi connectivity index (χ1n) is 9.25. The van der Waals surface area contributed by atoms with Gasteiger partial charge in [-0.15, -0.1) is 0 Å². The van der Waals surface area contributed by atoms with Crippen molar-refractivity contribution in [2.24, 2.45) is 4.99 Å². The quantitative estimate of drug-likeness (QED) is 0.488. The zero-order chi connectivity index (χ0) is 21.2. The van der Waals surface area contributed by atoms with E-state index in [0.29, 0.717) is 25.7 Å². The van der Waals surface area contributed by atoms with Gasteiger partial charge in [-0.3, -0.25) is 4.99 Å². The fraction of sp³-hybridized carbons (Fsp3) is 0.381. The molecule has 0 fully saturated rings. The van der Waals surface area contributed by atoms with Crippen LogP contribution in [0.3, 0.4) is 0 Å². The van der Waals surface area contributed by atoms with E-state index in [1.807, 2.05) is 32.0 Å². The van der Waals surface area contributed by atoms with E-state index in [-0.39, 0.29) is 11.5 Å². The van der Waals surface area contributed by atoms with Gasteiger partial charge in [-0.25, -0.2) is 0 Å². The number of hydrogen-bond donors (Lipinski definition) is 2. The third kappa shape index (κ3) is 6.81. The van der Waals surface area contributed by atoms with Gasteiger partial charge >= 0.3 is 6.61 Å². The smallest absolute Gasteiger partial charge is 0.387 e. The lowest BCUT2D eigenvalue weighted by atomic mass is 10.1. The van der Waals surface area contributed by atoms with Gasteiger partial charge in [0.15, 0.2) is 17.5 Å². The predicted molar refractivity (Wildman–Crippen MR) is 109 cm³/mol. The molecule has 158 valence electrons. The number of aliphatic imine (C=N–C) groups is 1. The van der Waals surface area contributed by atoms with Gasteiger partial charge in [0, 0.05) is 25.7 Å². The minimum atomic E-state index is -2.92. The molecule has 29 heavy (non-hydrogen) atoms. The van der Waals surface area contributed by atoms with Gasteiger partial charge < -0.3 is 24.8 Å². The Morgan fingerprint density at radius 1 is 1.03 bits per heavy atom. The van der Waals surface area contributed by atoms with Crippen molar-refractivity contribution in [2.45, 2.75) is 33.5 Å². The fourth-order valence-corrected chi connectivity index (χ4v) is 2.70. The van der Waals surface area contributed by atoms with E-state index >= 15 is 0 Å². The van der Waals surface area contributed by atoms with Crippen molar-refractivity contribution in [1.82, 2.24) is 10.6 Å². The lowest BCUT2D eigenvalue weighted by Gasteiger charge is -2.16. The Labute approximate surface area is 169 Å². The summed E-state index contributed by atoms with van der Waals surface area (Å²) in [5, 5.41) is 6.38. The molecular formula is C21H27F2N3O3. The number of alkyl halides is 2. The van der Waals surface area contributed by atoms with Crippen LogP contribution < -0.4 is 24.8 Å². The summed E-state index contributed by atoms with van der Waals surface area (Å²) in [6.07, 6.45) is 0. The maximum absolute atomic E-state index is 12.6. The van der Waals surface area contributed by atoms with E-state index in [0.717, 1.165) is 22.4 Å². The molecule has 0 bridgehead atoms. The number of guanidine groups is 1. The number of ether oxygens (including phenoxy) is 3. The number of hydrogen-bond acceptors (Lipinski definition) is 4. The second-order valence-electron chi connectivity index (χ2n) is 6.19. The topological polar surface area (TPSA) is 64.1 Å². The molecule has 0 aromatic heterocycles. The molecule has 0 aliphatic heterocycles. The SMILES string of the molecule is CCOc1cc(C)ccc1CNC(=NC)NCc1ccc(OC)c(OC(F)F)c1. The van der Waals surface area contributed by atoms with Gasteiger partial charge in [0.25, 0.3) is 0 Å². The molecule has 0 aliphatic carbocycles. The first kappa shape index (κ1) is 22.3. The van der Waals surface area contributed by atoms with Gasteiger partial charge in [0.05, 0.1) is 13.7 Å². The molecule has 2 N–H and O–H groups in total. The summed E-state index contributed by atoms with van der Waals surface area (Å²) in [5.74, 6) is 1.64. The number of rotatable bonds is 9. The fourth-order valence-electron chi connectivity index (χ4n) is 2.70. The van der Waals surface area contributed by atoms with Crippen LogP contribution in [0.4, 0.5) is 8.78 Å². The summed E-state index contributed by atoms with van der Waals surface area (Å²) in [5.41, 5.74) is 2.88. The van der Waals surface area contributed by atoms with E-state index in [1.54, 1.807) is 19.2 Å². The minimum absolute atomic E-state index is 0.00856. The normalized spacial score (nSPS) is 11.3. The third-order valence-corrected chi connectivity index (χ3v) is 4.10. The Balaban J connectivity index is 1.99. The summed E-state index contributed by atoms with van der Waals surface area (Å²) in [4.78, 5) is 4.19. The lowest BCUT2D eigenvalue weighted by molar-refractivity contribution is -0.0512. The standard InChI is InChI=1S/C21H27F2N3O3/c1-5-28-18-10-14(2)6-8-16(18)13-26-21(24-3)25-12-15-7-9-17(27-4)19(11-15)29-20(22)23/h6-11,20H,5,12-13H2,1-4H3,(H2,24,25,26). The van der Waals surface area contributed by atoms with Crippen LogP contribution in [-0.4, -0.2) is 33.3 Å².